The first-order valence-corrected chi connectivity index (χ1v) is 15.9. The molecular weight excluding hydrogens is 536 g/mol. The predicted octanol–water partition coefficient (Wildman–Crippen LogP) is 3.96. The number of amides is 1. The van der Waals surface area contributed by atoms with Crippen LogP contribution in [-0.4, -0.2) is 61.4 Å². The molecule has 0 aliphatic heterocycles. The molecule has 1 unspecified atom stereocenters. The van der Waals surface area contributed by atoms with Gasteiger partial charge in [-0.2, -0.15) is 0 Å². The van der Waals surface area contributed by atoms with E-state index in [0.29, 0.717) is 23.7 Å². The zero-order valence-corrected chi connectivity index (χ0v) is 22.6. The fraction of sp³-hybridized carbons (Fsp3) is 0.391. The van der Waals surface area contributed by atoms with Gasteiger partial charge in [0, 0.05) is 23.5 Å². The maximum Gasteiger partial charge on any atom is 0.326 e. The zero-order valence-electron chi connectivity index (χ0n) is 19.3. The van der Waals surface area contributed by atoms with Crippen LogP contribution in [0.2, 0.25) is 10.0 Å². The summed E-state index contributed by atoms with van der Waals surface area (Å²) in [7, 11) is -5.94. The van der Waals surface area contributed by atoms with Gasteiger partial charge in [0.05, 0.1) is 15.6 Å². The van der Waals surface area contributed by atoms with Crippen LogP contribution in [0, 0.1) is 0 Å². The van der Waals surface area contributed by atoms with E-state index < -0.39 is 34.9 Å². The minimum atomic E-state index is -3.15. The lowest BCUT2D eigenvalue weighted by atomic mass is 10.1. The average molecular weight is 564 g/mol. The molecule has 0 aliphatic carbocycles. The van der Waals surface area contributed by atoms with Gasteiger partial charge in [-0.1, -0.05) is 35.3 Å². The number of halogens is 2. The van der Waals surface area contributed by atoms with E-state index in [1.807, 2.05) is 0 Å². The van der Waals surface area contributed by atoms with E-state index in [1.165, 1.54) is 24.3 Å². The summed E-state index contributed by atoms with van der Waals surface area (Å²) in [6.07, 6.45) is 2.35. The van der Waals surface area contributed by atoms with E-state index in [-0.39, 0.29) is 46.1 Å². The molecule has 2 aromatic carbocycles. The minimum absolute atomic E-state index is 0.0227. The normalized spacial score (nSPS) is 14.2. The van der Waals surface area contributed by atoms with Crippen LogP contribution in [0.4, 0.5) is 0 Å². The fourth-order valence-electron chi connectivity index (χ4n) is 3.45. The summed E-state index contributed by atoms with van der Waals surface area (Å²) in [6.45, 7) is 1.62. The molecule has 0 saturated carbocycles. The van der Waals surface area contributed by atoms with Gasteiger partial charge in [-0.05, 0) is 62.2 Å². The molecule has 0 spiro atoms. The lowest BCUT2D eigenvalue weighted by Crippen LogP contribution is -2.41. The SMILES string of the molecule is CP(=O)(CCc1cc(Cl)c(C(=O)N[C@@H](CCCCS(C)(=O)=O)C(=O)O)c(Cl)c1)c1cccc(O)c1. The molecule has 0 saturated heterocycles. The van der Waals surface area contributed by atoms with Crippen molar-refractivity contribution in [1.29, 1.82) is 0 Å². The molecule has 0 bridgehead atoms. The lowest BCUT2D eigenvalue weighted by molar-refractivity contribution is -0.139. The monoisotopic (exact) mass is 563 g/mol. The number of aliphatic carboxylic acids is 1. The fourth-order valence-corrected chi connectivity index (χ4v) is 6.63. The van der Waals surface area contributed by atoms with Gasteiger partial charge in [0.2, 0.25) is 0 Å². The maximum atomic E-state index is 13.1. The van der Waals surface area contributed by atoms with E-state index in [0.717, 1.165) is 6.26 Å². The van der Waals surface area contributed by atoms with E-state index in [2.05, 4.69) is 5.32 Å². The maximum absolute atomic E-state index is 13.1. The number of phenolic OH excluding ortho intramolecular Hbond substituents is 1. The number of carbonyl (C=O) groups excluding carboxylic acids is 1. The van der Waals surface area contributed by atoms with Gasteiger partial charge in [-0.25, -0.2) is 13.2 Å². The van der Waals surface area contributed by atoms with Gasteiger partial charge < -0.3 is 20.1 Å². The third-order valence-corrected chi connectivity index (χ3v) is 9.47. The van der Waals surface area contributed by atoms with Crippen LogP contribution in [0.5, 0.6) is 5.75 Å². The van der Waals surface area contributed by atoms with E-state index >= 15 is 0 Å². The first-order chi connectivity index (χ1) is 16.2. The highest BCUT2D eigenvalue weighted by molar-refractivity contribution is 7.90. The molecular formula is C23H28Cl2NO7PS. The number of nitrogens with one attached hydrogen (secondary N) is 1. The number of carbonyl (C=O) groups is 2. The number of aryl methyl sites for hydroxylation is 1. The summed E-state index contributed by atoms with van der Waals surface area (Å²) in [5.74, 6) is -2.06. The highest BCUT2D eigenvalue weighted by Crippen LogP contribution is 2.41. The van der Waals surface area contributed by atoms with Gasteiger partial charge in [0.1, 0.15) is 28.8 Å². The Labute approximate surface area is 214 Å². The second-order valence-corrected chi connectivity index (χ2v) is 14.8. The molecule has 2 rings (SSSR count). The van der Waals surface area contributed by atoms with Crippen LogP contribution in [0.1, 0.15) is 35.2 Å². The predicted molar refractivity (Wildman–Crippen MR) is 139 cm³/mol. The molecule has 3 N–H and O–H groups in total. The number of aromatic hydroxyl groups is 1. The van der Waals surface area contributed by atoms with E-state index in [1.54, 1.807) is 18.8 Å². The Kier molecular flexibility index (Phi) is 10.2. The topological polar surface area (TPSA) is 138 Å². The van der Waals surface area contributed by atoms with Crippen molar-refractivity contribution in [2.45, 2.75) is 31.7 Å². The van der Waals surface area contributed by atoms with Gasteiger partial charge in [-0.15, -0.1) is 0 Å². The first-order valence-electron chi connectivity index (χ1n) is 10.7. The Morgan fingerprint density at radius 1 is 1.11 bits per heavy atom. The Bertz CT molecular complexity index is 1230. The molecule has 192 valence electrons. The summed E-state index contributed by atoms with van der Waals surface area (Å²) >= 11 is 12.6. The Balaban J connectivity index is 2.08. The highest BCUT2D eigenvalue weighted by Gasteiger charge is 2.25. The molecule has 0 heterocycles. The highest BCUT2D eigenvalue weighted by atomic mass is 35.5. The van der Waals surface area contributed by atoms with Crippen molar-refractivity contribution in [3.05, 3.63) is 57.6 Å². The summed E-state index contributed by atoms with van der Waals surface area (Å²) in [4.78, 5) is 24.3. The smallest absolute Gasteiger partial charge is 0.326 e. The molecule has 8 nitrogen and oxygen atoms in total. The molecule has 1 amide bonds. The summed E-state index contributed by atoms with van der Waals surface area (Å²) < 4.78 is 35.5. The number of benzene rings is 2. The summed E-state index contributed by atoms with van der Waals surface area (Å²) in [5.41, 5.74) is 0.571. The molecule has 2 atom stereocenters. The standard InChI is InChI=1S/C23H28Cl2NO7PS/c1-34(31,17-7-5-6-16(27)14-17)10-9-15-12-18(24)21(19(25)13-15)22(28)26-20(23(29)30)8-3-4-11-35(2,32)33/h5-7,12-14,20,27H,3-4,8-11H2,1-2H3,(H,26,28)(H,29,30)/t20-,34?/m0/s1. The molecule has 35 heavy (non-hydrogen) atoms. The largest absolute Gasteiger partial charge is 0.508 e. The van der Waals surface area contributed by atoms with Gasteiger partial charge in [-0.3, -0.25) is 4.79 Å². The van der Waals surface area contributed by atoms with Gasteiger partial charge in [0.15, 0.2) is 0 Å². The Hall–Kier alpha value is -2.06. The lowest BCUT2D eigenvalue weighted by Gasteiger charge is -2.17. The van der Waals surface area contributed by atoms with Crippen LogP contribution in [0.25, 0.3) is 0 Å². The number of carboxylic acids is 1. The number of sulfone groups is 1. The third-order valence-electron chi connectivity index (χ3n) is 5.39. The number of unbranched alkanes of at least 4 members (excludes halogenated alkanes) is 1. The molecule has 12 heteroatoms. The minimum Gasteiger partial charge on any atom is -0.508 e. The Morgan fingerprint density at radius 3 is 2.29 bits per heavy atom. The number of hydrogen-bond donors (Lipinski definition) is 3. The van der Waals surface area contributed by atoms with Crippen LogP contribution in [0.15, 0.2) is 36.4 Å². The van der Waals surface area contributed by atoms with Crippen molar-refractivity contribution in [2.75, 3.05) is 24.8 Å². The quantitative estimate of drug-likeness (QED) is 0.262. The second-order valence-electron chi connectivity index (χ2n) is 8.52. The Morgan fingerprint density at radius 2 is 1.74 bits per heavy atom. The third kappa shape index (κ3) is 9.15. The van der Waals surface area contributed by atoms with Crippen LogP contribution in [-0.2, 0) is 25.6 Å². The molecule has 0 aromatic heterocycles. The van der Waals surface area contributed by atoms with Gasteiger partial charge in [0.25, 0.3) is 5.91 Å². The molecule has 0 fully saturated rings. The molecule has 0 radical (unpaired) electrons. The van der Waals surface area contributed by atoms with E-state index in [4.69, 9.17) is 23.2 Å². The zero-order chi connectivity index (χ0) is 26.4. The van der Waals surface area contributed by atoms with Crippen molar-refractivity contribution < 1.29 is 32.8 Å². The van der Waals surface area contributed by atoms with Crippen molar-refractivity contribution in [1.82, 2.24) is 5.32 Å². The molecule has 0 aliphatic rings. The van der Waals surface area contributed by atoms with Crippen molar-refractivity contribution in [3.63, 3.8) is 0 Å². The van der Waals surface area contributed by atoms with Crippen molar-refractivity contribution >= 4 is 57.4 Å². The molecule has 2 aromatic rings. The number of rotatable bonds is 12. The summed E-state index contributed by atoms with van der Waals surface area (Å²) in [6, 6.07) is 8.08. The average Bonchev–Trinajstić information content (AvgIpc) is 2.73. The van der Waals surface area contributed by atoms with Crippen molar-refractivity contribution in [3.8, 4) is 5.75 Å². The number of phenols is 1. The van der Waals surface area contributed by atoms with Crippen LogP contribution in [0.3, 0.4) is 0 Å². The van der Waals surface area contributed by atoms with E-state index in [9.17, 15) is 32.8 Å². The second kappa shape index (κ2) is 12.3. The van der Waals surface area contributed by atoms with Crippen LogP contribution >= 0.6 is 30.3 Å². The van der Waals surface area contributed by atoms with Crippen molar-refractivity contribution in [2.24, 2.45) is 0 Å². The van der Waals surface area contributed by atoms with Gasteiger partial charge >= 0.3 is 5.97 Å². The summed E-state index contributed by atoms with van der Waals surface area (Å²) in [5, 5.41) is 22.1. The first kappa shape index (κ1) is 29.2. The van der Waals surface area contributed by atoms with Crippen LogP contribution < -0.4 is 10.6 Å². The number of carboxylic acid groups (broad SMARTS) is 1. The number of hydrogen-bond acceptors (Lipinski definition) is 6.